The Balaban J connectivity index is 1.36. The molecule has 0 atom stereocenters. The van der Waals surface area contributed by atoms with Gasteiger partial charge in [0.25, 0.3) is 5.91 Å². The second kappa shape index (κ2) is 14.0. The van der Waals surface area contributed by atoms with Gasteiger partial charge in [-0.1, -0.05) is 70.1 Å². The van der Waals surface area contributed by atoms with E-state index in [1.54, 1.807) is 12.1 Å². The highest BCUT2D eigenvalue weighted by Gasteiger charge is 2.07. The number of ether oxygens (including phenoxy) is 2. The molecule has 0 heterocycles. The minimum absolute atomic E-state index is 0.152. The molecule has 4 heteroatoms. The summed E-state index contributed by atoms with van der Waals surface area (Å²) in [5.41, 5.74) is 1.31. The number of anilines is 1. The van der Waals surface area contributed by atoms with E-state index in [1.807, 2.05) is 66.7 Å². The normalized spacial score (nSPS) is 10.6. The van der Waals surface area contributed by atoms with Crippen LogP contribution >= 0.6 is 0 Å². The average Bonchev–Trinajstić information content (AvgIpc) is 2.85. The van der Waals surface area contributed by atoms with Crippen molar-refractivity contribution >= 4 is 11.6 Å². The minimum atomic E-state index is -0.152. The van der Waals surface area contributed by atoms with E-state index >= 15 is 0 Å². The van der Waals surface area contributed by atoms with Gasteiger partial charge >= 0.3 is 0 Å². The smallest absolute Gasteiger partial charge is 0.255 e. The van der Waals surface area contributed by atoms with Crippen LogP contribution in [0.15, 0.2) is 78.9 Å². The summed E-state index contributed by atoms with van der Waals surface area (Å²) >= 11 is 0. The molecule has 1 amide bonds. The van der Waals surface area contributed by atoms with Gasteiger partial charge in [-0.2, -0.15) is 0 Å². The molecule has 0 aliphatic rings. The molecule has 1 N–H and O–H groups in total. The lowest BCUT2D eigenvalue weighted by Crippen LogP contribution is -2.11. The quantitative estimate of drug-likeness (QED) is 0.254. The van der Waals surface area contributed by atoms with Gasteiger partial charge in [-0.25, -0.2) is 0 Å². The van der Waals surface area contributed by atoms with Gasteiger partial charge in [0.1, 0.15) is 17.2 Å². The highest BCUT2D eigenvalue weighted by atomic mass is 16.5. The molecule has 0 saturated heterocycles. The Kier molecular flexibility index (Phi) is 10.3. The van der Waals surface area contributed by atoms with Crippen molar-refractivity contribution in [2.75, 3.05) is 11.9 Å². The maximum atomic E-state index is 12.5. The summed E-state index contributed by atoms with van der Waals surface area (Å²) in [6, 6.07) is 24.3. The monoisotopic (exact) mass is 445 g/mol. The second-order valence-corrected chi connectivity index (χ2v) is 8.24. The van der Waals surface area contributed by atoms with E-state index in [0.29, 0.717) is 5.56 Å². The fourth-order valence-corrected chi connectivity index (χ4v) is 3.56. The molecule has 0 aliphatic carbocycles. The number of unbranched alkanes of at least 4 members (excludes halogenated alkanes) is 7. The van der Waals surface area contributed by atoms with Crippen molar-refractivity contribution in [1.29, 1.82) is 0 Å². The summed E-state index contributed by atoms with van der Waals surface area (Å²) in [7, 11) is 0. The number of carbonyl (C=O) groups is 1. The second-order valence-electron chi connectivity index (χ2n) is 8.24. The third-order valence-electron chi connectivity index (χ3n) is 5.47. The van der Waals surface area contributed by atoms with Crippen LogP contribution in [-0.2, 0) is 0 Å². The van der Waals surface area contributed by atoms with Crippen molar-refractivity contribution < 1.29 is 14.3 Å². The summed E-state index contributed by atoms with van der Waals surface area (Å²) in [5, 5.41) is 2.92. The summed E-state index contributed by atoms with van der Waals surface area (Å²) in [6.07, 6.45) is 10.3. The first-order chi connectivity index (χ1) is 16.2. The zero-order valence-corrected chi connectivity index (χ0v) is 19.6. The number of amides is 1. The van der Waals surface area contributed by atoms with Gasteiger partial charge in [-0.05, 0) is 67.1 Å². The zero-order chi connectivity index (χ0) is 23.1. The third kappa shape index (κ3) is 9.01. The van der Waals surface area contributed by atoms with E-state index in [0.717, 1.165) is 36.0 Å². The van der Waals surface area contributed by atoms with Crippen LogP contribution < -0.4 is 14.8 Å². The topological polar surface area (TPSA) is 47.6 Å². The van der Waals surface area contributed by atoms with Crippen LogP contribution in [0, 0.1) is 0 Å². The highest BCUT2D eigenvalue weighted by molar-refractivity contribution is 6.04. The van der Waals surface area contributed by atoms with E-state index in [2.05, 4.69) is 12.2 Å². The van der Waals surface area contributed by atoms with Crippen LogP contribution in [0.4, 0.5) is 5.69 Å². The third-order valence-corrected chi connectivity index (χ3v) is 5.47. The van der Waals surface area contributed by atoms with E-state index in [-0.39, 0.29) is 5.91 Å². The molecule has 0 aromatic heterocycles. The Morgan fingerprint density at radius 3 is 1.91 bits per heavy atom. The molecule has 0 saturated carbocycles. The highest BCUT2D eigenvalue weighted by Crippen LogP contribution is 2.23. The van der Waals surface area contributed by atoms with E-state index in [9.17, 15) is 4.79 Å². The first-order valence-corrected chi connectivity index (χ1v) is 12.1. The van der Waals surface area contributed by atoms with Gasteiger partial charge in [0.2, 0.25) is 0 Å². The lowest BCUT2D eigenvalue weighted by Gasteiger charge is -2.09. The van der Waals surface area contributed by atoms with Crippen molar-refractivity contribution in [3.8, 4) is 17.2 Å². The van der Waals surface area contributed by atoms with Gasteiger partial charge in [-0.3, -0.25) is 4.79 Å². The fraction of sp³-hybridized carbons (Fsp3) is 0.345. The van der Waals surface area contributed by atoms with Gasteiger partial charge in [-0.15, -0.1) is 0 Å². The van der Waals surface area contributed by atoms with Gasteiger partial charge in [0.05, 0.1) is 6.61 Å². The summed E-state index contributed by atoms with van der Waals surface area (Å²) in [5.74, 6) is 2.15. The van der Waals surface area contributed by atoms with Crippen LogP contribution in [-0.4, -0.2) is 12.5 Å². The first kappa shape index (κ1) is 24.4. The van der Waals surface area contributed by atoms with Crippen molar-refractivity contribution in [2.45, 2.75) is 58.3 Å². The molecule has 3 aromatic rings. The largest absolute Gasteiger partial charge is 0.494 e. The molecule has 3 rings (SSSR count). The zero-order valence-electron chi connectivity index (χ0n) is 19.6. The van der Waals surface area contributed by atoms with E-state index < -0.39 is 0 Å². The predicted molar refractivity (Wildman–Crippen MR) is 135 cm³/mol. The number of hydrogen-bond acceptors (Lipinski definition) is 3. The molecule has 174 valence electrons. The van der Waals surface area contributed by atoms with Crippen LogP contribution in [0.5, 0.6) is 17.2 Å². The SMILES string of the molecule is CCCCCCCCCCOc1ccc(C(=O)Nc2ccc(Oc3ccccc3)cc2)cc1. The molecular formula is C29H35NO3. The molecule has 0 unspecified atom stereocenters. The summed E-state index contributed by atoms with van der Waals surface area (Å²) in [6.45, 7) is 2.97. The maximum absolute atomic E-state index is 12.5. The van der Waals surface area contributed by atoms with Gasteiger partial charge < -0.3 is 14.8 Å². The maximum Gasteiger partial charge on any atom is 0.255 e. The van der Waals surface area contributed by atoms with Gasteiger partial charge in [0, 0.05) is 11.3 Å². The number of nitrogens with one attached hydrogen (secondary N) is 1. The molecule has 4 nitrogen and oxygen atoms in total. The molecule has 0 spiro atoms. The number of hydrogen-bond donors (Lipinski definition) is 1. The van der Waals surface area contributed by atoms with E-state index in [4.69, 9.17) is 9.47 Å². The van der Waals surface area contributed by atoms with Crippen molar-refractivity contribution in [3.05, 3.63) is 84.4 Å². The van der Waals surface area contributed by atoms with Crippen molar-refractivity contribution in [3.63, 3.8) is 0 Å². The molecule has 0 aliphatic heterocycles. The standard InChI is InChI=1S/C29H35NO3/c1-2-3-4-5-6-7-8-12-23-32-26-19-15-24(16-20-26)29(31)30-25-17-21-28(22-18-25)33-27-13-10-9-11-14-27/h9-11,13-22H,2-8,12,23H2,1H3,(H,30,31). The fourth-order valence-electron chi connectivity index (χ4n) is 3.56. The van der Waals surface area contributed by atoms with Crippen LogP contribution in [0.1, 0.15) is 68.6 Å². The average molecular weight is 446 g/mol. The lowest BCUT2D eigenvalue weighted by molar-refractivity contribution is 0.102. The predicted octanol–water partition coefficient (Wildman–Crippen LogP) is 8.25. The molecule has 3 aromatic carbocycles. The molecule has 0 fully saturated rings. The number of rotatable bonds is 14. The number of carbonyl (C=O) groups excluding carboxylic acids is 1. The number of para-hydroxylation sites is 1. The van der Waals surface area contributed by atoms with Crippen LogP contribution in [0.2, 0.25) is 0 Å². The van der Waals surface area contributed by atoms with Crippen LogP contribution in [0.3, 0.4) is 0 Å². The summed E-state index contributed by atoms with van der Waals surface area (Å²) in [4.78, 5) is 12.5. The molecule has 33 heavy (non-hydrogen) atoms. The van der Waals surface area contributed by atoms with Crippen LogP contribution in [0.25, 0.3) is 0 Å². The Labute approximate surface area is 197 Å². The van der Waals surface area contributed by atoms with Gasteiger partial charge in [0.15, 0.2) is 0 Å². The molecule has 0 bridgehead atoms. The Morgan fingerprint density at radius 1 is 0.667 bits per heavy atom. The first-order valence-electron chi connectivity index (χ1n) is 12.1. The number of benzene rings is 3. The summed E-state index contributed by atoms with van der Waals surface area (Å²) < 4.78 is 11.6. The van der Waals surface area contributed by atoms with Crippen molar-refractivity contribution in [1.82, 2.24) is 0 Å². The Morgan fingerprint density at radius 2 is 1.24 bits per heavy atom. The van der Waals surface area contributed by atoms with Crippen molar-refractivity contribution in [2.24, 2.45) is 0 Å². The molecule has 0 radical (unpaired) electrons. The minimum Gasteiger partial charge on any atom is -0.494 e. The Bertz CT molecular complexity index is 937. The lowest BCUT2D eigenvalue weighted by atomic mass is 10.1. The Hall–Kier alpha value is -3.27. The molecular weight excluding hydrogens is 410 g/mol. The van der Waals surface area contributed by atoms with E-state index in [1.165, 1.54) is 44.9 Å².